The number of hydrogen-bond acceptors (Lipinski definition) is 6. The van der Waals surface area contributed by atoms with E-state index in [0.29, 0.717) is 17.3 Å². The zero-order chi connectivity index (χ0) is 12.9. The van der Waals surface area contributed by atoms with Gasteiger partial charge in [-0.1, -0.05) is 6.92 Å². The summed E-state index contributed by atoms with van der Waals surface area (Å²) in [6.45, 7) is 1.91. The fraction of sp³-hybridized carbons (Fsp3) is 0.600. The van der Waals surface area contributed by atoms with Gasteiger partial charge in [0.05, 0.1) is 24.8 Å². The normalized spacial score (nSPS) is 11.4. The van der Waals surface area contributed by atoms with E-state index in [1.54, 1.807) is 6.92 Å². The van der Waals surface area contributed by atoms with Crippen molar-refractivity contribution >= 4 is 21.2 Å². The summed E-state index contributed by atoms with van der Waals surface area (Å²) in [5, 5.41) is 9.20. The molecule has 0 atom stereocenters. The molecule has 0 spiro atoms. The average Bonchev–Trinajstić information content (AvgIpc) is 2.61. The smallest absolute Gasteiger partial charge is 0.156 e. The van der Waals surface area contributed by atoms with Gasteiger partial charge in [-0.3, -0.25) is 0 Å². The molecule has 1 rings (SSSR count). The topological polar surface area (TPSA) is 80.1 Å². The summed E-state index contributed by atoms with van der Waals surface area (Å²) in [5.74, 6) is 0.0378. The first-order chi connectivity index (χ1) is 8.02. The van der Waals surface area contributed by atoms with Crippen LogP contribution < -0.4 is 0 Å². The van der Waals surface area contributed by atoms with Crippen LogP contribution >= 0.6 is 11.3 Å². The lowest BCUT2D eigenvalue weighted by Crippen LogP contribution is -2.06. The molecule has 0 fully saturated rings. The summed E-state index contributed by atoms with van der Waals surface area (Å²) < 4.78 is 27.9. The van der Waals surface area contributed by atoms with Crippen LogP contribution in [0.1, 0.15) is 22.5 Å². The lowest BCUT2D eigenvalue weighted by atomic mass is 10.3. The molecule has 5 nitrogen and oxygen atoms in total. The SMILES string of the molecule is CCS(=O)(=O)Cc1nc(COC)c(CC#N)s1. The quantitative estimate of drug-likeness (QED) is 0.781. The molecule has 0 bridgehead atoms. The van der Waals surface area contributed by atoms with Crippen LogP contribution in [0.4, 0.5) is 0 Å². The van der Waals surface area contributed by atoms with Crippen molar-refractivity contribution in [2.75, 3.05) is 12.9 Å². The fourth-order valence-electron chi connectivity index (χ4n) is 1.25. The third kappa shape index (κ3) is 4.07. The monoisotopic (exact) mass is 274 g/mol. The van der Waals surface area contributed by atoms with Crippen molar-refractivity contribution < 1.29 is 13.2 Å². The molecule has 0 amide bonds. The third-order valence-corrected chi connectivity index (χ3v) is 5.00. The molecule has 1 aromatic heterocycles. The Hall–Kier alpha value is -0.970. The van der Waals surface area contributed by atoms with E-state index in [0.717, 1.165) is 4.88 Å². The molecule has 0 saturated heterocycles. The van der Waals surface area contributed by atoms with E-state index in [1.807, 2.05) is 6.07 Å². The van der Waals surface area contributed by atoms with Crippen molar-refractivity contribution in [2.24, 2.45) is 0 Å². The molecular weight excluding hydrogens is 260 g/mol. The van der Waals surface area contributed by atoms with E-state index in [4.69, 9.17) is 10.00 Å². The van der Waals surface area contributed by atoms with Gasteiger partial charge in [0.2, 0.25) is 0 Å². The maximum absolute atomic E-state index is 11.5. The van der Waals surface area contributed by atoms with Crippen molar-refractivity contribution in [3.63, 3.8) is 0 Å². The number of sulfone groups is 1. The largest absolute Gasteiger partial charge is 0.378 e. The van der Waals surface area contributed by atoms with Crippen molar-refractivity contribution in [3.8, 4) is 6.07 Å². The molecular formula is C10H14N2O3S2. The Morgan fingerprint density at radius 3 is 2.76 bits per heavy atom. The van der Waals surface area contributed by atoms with Crippen molar-refractivity contribution in [2.45, 2.75) is 25.7 Å². The highest BCUT2D eigenvalue weighted by Crippen LogP contribution is 2.22. The van der Waals surface area contributed by atoms with Crippen LogP contribution in [0, 0.1) is 11.3 Å². The summed E-state index contributed by atoms with van der Waals surface area (Å²) in [6.07, 6.45) is 0.239. The molecule has 0 N–H and O–H groups in total. The van der Waals surface area contributed by atoms with Gasteiger partial charge in [-0.2, -0.15) is 5.26 Å². The highest BCUT2D eigenvalue weighted by molar-refractivity contribution is 7.90. The van der Waals surface area contributed by atoms with E-state index >= 15 is 0 Å². The number of hydrogen-bond donors (Lipinski definition) is 0. The summed E-state index contributed by atoms with van der Waals surface area (Å²) in [4.78, 5) is 5.00. The van der Waals surface area contributed by atoms with E-state index < -0.39 is 9.84 Å². The molecule has 1 heterocycles. The molecule has 0 aliphatic heterocycles. The molecule has 0 unspecified atom stereocenters. The zero-order valence-electron chi connectivity index (χ0n) is 9.76. The van der Waals surface area contributed by atoms with E-state index in [1.165, 1.54) is 18.4 Å². The maximum atomic E-state index is 11.5. The van der Waals surface area contributed by atoms with Crippen LogP contribution in [0.3, 0.4) is 0 Å². The lowest BCUT2D eigenvalue weighted by Gasteiger charge is -1.96. The van der Waals surface area contributed by atoms with Gasteiger partial charge >= 0.3 is 0 Å². The predicted octanol–water partition coefficient (Wildman–Crippen LogP) is 1.29. The molecule has 94 valence electrons. The molecule has 0 aliphatic carbocycles. The van der Waals surface area contributed by atoms with Gasteiger partial charge in [-0.15, -0.1) is 11.3 Å². The van der Waals surface area contributed by atoms with Crippen molar-refractivity contribution in [1.82, 2.24) is 4.98 Å². The fourth-order valence-corrected chi connectivity index (χ4v) is 3.47. The first kappa shape index (κ1) is 14.1. The Balaban J connectivity index is 2.96. The number of nitriles is 1. The molecule has 1 aromatic rings. The number of nitrogens with zero attached hydrogens (tertiary/aromatic N) is 2. The van der Waals surface area contributed by atoms with Gasteiger partial charge in [0, 0.05) is 17.7 Å². The first-order valence-corrected chi connectivity index (χ1v) is 7.70. The van der Waals surface area contributed by atoms with Gasteiger partial charge in [0.1, 0.15) is 10.8 Å². The lowest BCUT2D eigenvalue weighted by molar-refractivity contribution is 0.181. The first-order valence-electron chi connectivity index (χ1n) is 5.06. The van der Waals surface area contributed by atoms with Gasteiger partial charge in [-0.25, -0.2) is 13.4 Å². The Labute approximate surface area is 105 Å². The number of aromatic nitrogens is 1. The van der Waals surface area contributed by atoms with Gasteiger partial charge < -0.3 is 4.74 Å². The molecule has 17 heavy (non-hydrogen) atoms. The van der Waals surface area contributed by atoms with Crippen LogP contribution in [0.5, 0.6) is 0 Å². The molecule has 0 aliphatic rings. The highest BCUT2D eigenvalue weighted by atomic mass is 32.2. The van der Waals surface area contributed by atoms with Crippen molar-refractivity contribution in [1.29, 1.82) is 5.26 Å². The number of methoxy groups -OCH3 is 1. The molecule has 0 aromatic carbocycles. The van der Waals surface area contributed by atoms with Crippen LogP contribution in [-0.4, -0.2) is 26.3 Å². The van der Waals surface area contributed by atoms with Crippen LogP contribution in [0.25, 0.3) is 0 Å². The second kappa shape index (κ2) is 6.10. The predicted molar refractivity (Wildman–Crippen MR) is 65.3 cm³/mol. The minimum absolute atomic E-state index is 0.0592. The van der Waals surface area contributed by atoms with E-state index in [9.17, 15) is 8.42 Å². The number of thiazole rings is 1. The summed E-state index contributed by atoms with van der Waals surface area (Å²) in [5.41, 5.74) is 0.667. The van der Waals surface area contributed by atoms with E-state index in [2.05, 4.69) is 4.98 Å². The van der Waals surface area contributed by atoms with E-state index in [-0.39, 0.29) is 17.9 Å². The number of ether oxygens (including phenoxy) is 1. The minimum Gasteiger partial charge on any atom is -0.378 e. The van der Waals surface area contributed by atoms with Crippen LogP contribution in [0.2, 0.25) is 0 Å². The van der Waals surface area contributed by atoms with Crippen molar-refractivity contribution in [3.05, 3.63) is 15.6 Å². The van der Waals surface area contributed by atoms with Crippen LogP contribution in [0.15, 0.2) is 0 Å². The summed E-state index contributed by atoms with van der Waals surface area (Å²) >= 11 is 1.27. The van der Waals surface area contributed by atoms with Gasteiger partial charge in [0.15, 0.2) is 9.84 Å². The molecule has 0 saturated carbocycles. The highest BCUT2D eigenvalue weighted by Gasteiger charge is 2.16. The Kier molecular flexibility index (Phi) is 5.05. The summed E-state index contributed by atoms with van der Waals surface area (Å²) in [6, 6.07) is 2.04. The Morgan fingerprint density at radius 2 is 2.24 bits per heavy atom. The Morgan fingerprint density at radius 1 is 1.53 bits per heavy atom. The van der Waals surface area contributed by atoms with Crippen LogP contribution in [-0.2, 0) is 33.4 Å². The zero-order valence-corrected chi connectivity index (χ0v) is 11.4. The second-order valence-electron chi connectivity index (χ2n) is 3.42. The summed E-state index contributed by atoms with van der Waals surface area (Å²) in [7, 11) is -1.54. The van der Waals surface area contributed by atoms with Gasteiger partial charge in [-0.05, 0) is 0 Å². The average molecular weight is 274 g/mol. The minimum atomic E-state index is -3.08. The maximum Gasteiger partial charge on any atom is 0.156 e. The second-order valence-corrected chi connectivity index (χ2v) is 6.94. The molecule has 0 radical (unpaired) electrons. The van der Waals surface area contributed by atoms with Gasteiger partial charge in [0.25, 0.3) is 0 Å². The standard InChI is InChI=1S/C10H14N2O3S2/c1-3-17(13,14)7-10-12-8(6-15-2)9(16-10)4-5-11/h3-4,6-7H2,1-2H3. The molecule has 7 heteroatoms. The number of rotatable bonds is 6. The third-order valence-electron chi connectivity index (χ3n) is 2.13. The Bertz CT molecular complexity index is 514.